The lowest BCUT2D eigenvalue weighted by Gasteiger charge is -2.16. The molecule has 0 saturated carbocycles. The van der Waals surface area contributed by atoms with E-state index >= 15 is 0 Å². The lowest BCUT2D eigenvalue weighted by atomic mass is 10.2. The van der Waals surface area contributed by atoms with Gasteiger partial charge in [-0.05, 0) is 53.5 Å². The normalized spacial score (nSPS) is 11.8. The Labute approximate surface area is 126 Å². The predicted octanol–water partition coefficient (Wildman–Crippen LogP) is 3.56. The molecule has 1 heterocycles. The number of carbonyl (C=O) groups is 1. The van der Waals surface area contributed by atoms with E-state index in [1.165, 1.54) is 0 Å². The van der Waals surface area contributed by atoms with Crippen molar-refractivity contribution in [3.63, 3.8) is 0 Å². The van der Waals surface area contributed by atoms with Gasteiger partial charge in [0.15, 0.2) is 6.10 Å². The quantitative estimate of drug-likeness (QED) is 0.929. The summed E-state index contributed by atoms with van der Waals surface area (Å²) in [6.45, 7) is 3.60. The minimum absolute atomic E-state index is 0.199. The molecule has 1 atom stereocenters. The number of rotatable bonds is 4. The summed E-state index contributed by atoms with van der Waals surface area (Å²) in [5.41, 5.74) is 1.65. The third-order valence-electron chi connectivity index (χ3n) is 2.79. The van der Waals surface area contributed by atoms with Crippen LogP contribution in [0, 0.1) is 6.92 Å². The molecule has 0 aliphatic rings. The lowest BCUT2D eigenvalue weighted by Crippen LogP contribution is -2.30. The molecule has 0 saturated heterocycles. The number of aryl methyl sites for hydroxylation is 1. The van der Waals surface area contributed by atoms with Crippen molar-refractivity contribution < 1.29 is 9.53 Å². The van der Waals surface area contributed by atoms with Gasteiger partial charge in [-0.25, -0.2) is 0 Å². The van der Waals surface area contributed by atoms with E-state index in [9.17, 15) is 4.79 Å². The number of nitrogens with zero attached hydrogens (tertiary/aromatic N) is 1. The number of amides is 1. The van der Waals surface area contributed by atoms with Crippen LogP contribution in [-0.4, -0.2) is 17.0 Å². The maximum absolute atomic E-state index is 12.1. The highest BCUT2D eigenvalue weighted by Crippen LogP contribution is 2.25. The Morgan fingerprint density at radius 1 is 1.35 bits per heavy atom. The fourth-order valence-electron chi connectivity index (χ4n) is 1.63. The number of para-hydroxylation sites is 1. The van der Waals surface area contributed by atoms with E-state index in [-0.39, 0.29) is 5.91 Å². The molecule has 0 spiro atoms. The smallest absolute Gasteiger partial charge is 0.265 e. The highest BCUT2D eigenvalue weighted by atomic mass is 79.9. The molecule has 5 heteroatoms. The molecule has 0 fully saturated rings. The average molecular weight is 335 g/mol. The molecule has 1 amide bonds. The van der Waals surface area contributed by atoms with Gasteiger partial charge in [0.1, 0.15) is 5.75 Å². The number of nitrogens with one attached hydrogen (secondary N) is 1. The van der Waals surface area contributed by atoms with E-state index in [4.69, 9.17) is 4.74 Å². The molecule has 0 aliphatic carbocycles. The molecule has 4 nitrogen and oxygen atoms in total. The first-order valence-electron chi connectivity index (χ1n) is 6.20. The molecule has 2 rings (SSSR count). The number of benzene rings is 1. The highest BCUT2D eigenvalue weighted by molar-refractivity contribution is 9.10. The fourth-order valence-corrected chi connectivity index (χ4v) is 2.01. The molecule has 104 valence electrons. The maximum atomic E-state index is 12.1. The third-order valence-corrected chi connectivity index (χ3v) is 3.44. The number of hydrogen-bond acceptors (Lipinski definition) is 3. The van der Waals surface area contributed by atoms with Crippen LogP contribution in [0.4, 0.5) is 5.69 Å². The first-order chi connectivity index (χ1) is 9.58. The molecule has 1 N–H and O–H groups in total. The molecule has 1 aromatic heterocycles. The van der Waals surface area contributed by atoms with Crippen LogP contribution in [0.15, 0.2) is 47.2 Å². The zero-order chi connectivity index (χ0) is 14.5. The Morgan fingerprint density at radius 2 is 2.10 bits per heavy atom. The van der Waals surface area contributed by atoms with E-state index in [1.54, 1.807) is 25.4 Å². The lowest BCUT2D eigenvalue weighted by molar-refractivity contribution is -0.122. The van der Waals surface area contributed by atoms with E-state index in [1.807, 2.05) is 31.2 Å². The summed E-state index contributed by atoms with van der Waals surface area (Å²) < 4.78 is 6.46. The van der Waals surface area contributed by atoms with Crippen LogP contribution < -0.4 is 10.1 Å². The van der Waals surface area contributed by atoms with Gasteiger partial charge in [-0.2, -0.15) is 0 Å². The molecule has 0 aliphatic heterocycles. The van der Waals surface area contributed by atoms with Crippen LogP contribution in [0.3, 0.4) is 0 Å². The van der Waals surface area contributed by atoms with Crippen molar-refractivity contribution in [3.8, 4) is 5.75 Å². The summed E-state index contributed by atoms with van der Waals surface area (Å²) in [6.07, 6.45) is 2.75. The predicted molar refractivity (Wildman–Crippen MR) is 81.8 cm³/mol. The Kier molecular flexibility index (Phi) is 4.74. The second-order valence-corrected chi connectivity index (χ2v) is 5.22. The van der Waals surface area contributed by atoms with E-state index in [0.717, 1.165) is 15.7 Å². The first-order valence-corrected chi connectivity index (χ1v) is 7.00. The zero-order valence-corrected chi connectivity index (χ0v) is 12.8. The second-order valence-electron chi connectivity index (χ2n) is 4.37. The Hall–Kier alpha value is -1.88. The largest absolute Gasteiger partial charge is 0.480 e. The first kappa shape index (κ1) is 14.5. The highest BCUT2D eigenvalue weighted by Gasteiger charge is 2.16. The minimum Gasteiger partial charge on any atom is -0.480 e. The van der Waals surface area contributed by atoms with Gasteiger partial charge in [-0.15, -0.1) is 0 Å². The van der Waals surface area contributed by atoms with E-state index in [0.29, 0.717) is 5.75 Å². The molecule has 0 bridgehead atoms. The van der Waals surface area contributed by atoms with Crippen molar-refractivity contribution in [1.29, 1.82) is 0 Å². The van der Waals surface area contributed by atoms with Crippen LogP contribution in [0.1, 0.15) is 12.5 Å². The fraction of sp³-hybridized carbons (Fsp3) is 0.200. The van der Waals surface area contributed by atoms with E-state index in [2.05, 4.69) is 26.2 Å². The van der Waals surface area contributed by atoms with E-state index < -0.39 is 6.10 Å². The topological polar surface area (TPSA) is 51.2 Å². The summed E-state index contributed by atoms with van der Waals surface area (Å²) in [5, 5.41) is 2.83. The van der Waals surface area contributed by atoms with Gasteiger partial charge < -0.3 is 10.1 Å². The molecular formula is C15H15BrN2O2. The van der Waals surface area contributed by atoms with Crippen LogP contribution in [-0.2, 0) is 4.79 Å². The number of halogens is 1. The van der Waals surface area contributed by atoms with Crippen molar-refractivity contribution >= 4 is 27.5 Å². The van der Waals surface area contributed by atoms with Gasteiger partial charge in [-0.1, -0.05) is 12.1 Å². The van der Waals surface area contributed by atoms with Crippen molar-refractivity contribution in [2.75, 3.05) is 5.32 Å². The summed E-state index contributed by atoms with van der Waals surface area (Å²) >= 11 is 3.39. The monoisotopic (exact) mass is 334 g/mol. The van der Waals surface area contributed by atoms with Crippen molar-refractivity contribution in [2.45, 2.75) is 20.0 Å². The molecule has 1 unspecified atom stereocenters. The SMILES string of the molecule is Cc1cnccc1NC(=O)C(C)Oc1ccccc1Br. The summed E-state index contributed by atoms with van der Waals surface area (Å²) in [5.74, 6) is 0.441. The van der Waals surface area contributed by atoms with Crippen molar-refractivity contribution in [2.24, 2.45) is 0 Å². The Bertz CT molecular complexity index is 616. The number of hydrogen-bond donors (Lipinski definition) is 1. The standard InChI is InChI=1S/C15H15BrN2O2/c1-10-9-17-8-7-13(10)18-15(19)11(2)20-14-6-4-3-5-12(14)16/h3-9,11H,1-2H3,(H,17,18,19). The number of ether oxygens (including phenoxy) is 1. The van der Waals surface area contributed by atoms with Crippen LogP contribution in [0.25, 0.3) is 0 Å². The van der Waals surface area contributed by atoms with Crippen molar-refractivity contribution in [3.05, 3.63) is 52.8 Å². The Morgan fingerprint density at radius 3 is 2.80 bits per heavy atom. The molecule has 20 heavy (non-hydrogen) atoms. The van der Waals surface area contributed by atoms with Crippen LogP contribution in [0.5, 0.6) is 5.75 Å². The summed E-state index contributed by atoms with van der Waals surface area (Å²) in [6, 6.07) is 9.19. The number of aromatic nitrogens is 1. The number of carbonyl (C=O) groups excluding carboxylic acids is 1. The van der Waals surface area contributed by atoms with Gasteiger partial charge in [0.2, 0.25) is 0 Å². The van der Waals surface area contributed by atoms with Crippen molar-refractivity contribution in [1.82, 2.24) is 4.98 Å². The third kappa shape index (κ3) is 3.57. The van der Waals surface area contributed by atoms with Crippen LogP contribution >= 0.6 is 15.9 Å². The number of anilines is 1. The molecular weight excluding hydrogens is 320 g/mol. The molecule has 1 aromatic carbocycles. The van der Waals surface area contributed by atoms with Crippen LogP contribution in [0.2, 0.25) is 0 Å². The number of pyridine rings is 1. The maximum Gasteiger partial charge on any atom is 0.265 e. The molecule has 2 aromatic rings. The summed E-state index contributed by atoms with van der Waals surface area (Å²) in [4.78, 5) is 16.1. The van der Waals surface area contributed by atoms with Gasteiger partial charge in [0, 0.05) is 18.1 Å². The van der Waals surface area contributed by atoms with Gasteiger partial charge in [-0.3, -0.25) is 9.78 Å². The summed E-state index contributed by atoms with van der Waals surface area (Å²) in [7, 11) is 0. The molecule has 0 radical (unpaired) electrons. The minimum atomic E-state index is -0.596. The van der Waals surface area contributed by atoms with Gasteiger partial charge >= 0.3 is 0 Å². The second kappa shape index (κ2) is 6.52. The van der Waals surface area contributed by atoms with Gasteiger partial charge in [0.05, 0.1) is 4.47 Å². The zero-order valence-electron chi connectivity index (χ0n) is 11.3. The van der Waals surface area contributed by atoms with Gasteiger partial charge in [0.25, 0.3) is 5.91 Å². The Balaban J connectivity index is 2.03. The average Bonchev–Trinajstić information content (AvgIpc) is 2.43.